The van der Waals surface area contributed by atoms with Crippen LogP contribution in [-0.4, -0.2) is 5.91 Å². The summed E-state index contributed by atoms with van der Waals surface area (Å²) in [6, 6.07) is 15.8. The smallest absolute Gasteiger partial charge is 0.265 e. The van der Waals surface area contributed by atoms with Crippen LogP contribution >= 0.6 is 11.3 Å². The van der Waals surface area contributed by atoms with E-state index < -0.39 is 0 Å². The number of amides is 1. The molecule has 0 bridgehead atoms. The molecular weight excluding hydrogens is 330 g/mol. The molecule has 3 rings (SSSR count). The van der Waals surface area contributed by atoms with Crippen LogP contribution in [0.1, 0.15) is 31.9 Å². The second-order valence-corrected chi connectivity index (χ2v) is 7.06. The Balaban J connectivity index is 1.65. The molecule has 0 spiro atoms. The largest absolute Gasteiger partial charge is 0.488 e. The third kappa shape index (κ3) is 4.28. The molecule has 0 aliphatic heterocycles. The minimum absolute atomic E-state index is 0.0890. The number of rotatable bonds is 5. The number of aryl methyl sites for hydroxylation is 3. The molecule has 1 heterocycles. The molecule has 2 aromatic carbocycles. The number of nitrogens with one attached hydrogen (secondary N) is 1. The van der Waals surface area contributed by atoms with E-state index in [4.69, 9.17) is 4.74 Å². The van der Waals surface area contributed by atoms with Crippen molar-refractivity contribution < 1.29 is 9.53 Å². The first-order valence-electron chi connectivity index (χ1n) is 8.17. The quantitative estimate of drug-likeness (QED) is 0.659. The maximum absolute atomic E-state index is 12.4. The van der Waals surface area contributed by atoms with Gasteiger partial charge in [0.05, 0.1) is 4.88 Å². The molecule has 1 amide bonds. The van der Waals surface area contributed by atoms with Gasteiger partial charge in [-0.15, -0.1) is 11.3 Å². The number of para-hydroxylation sites is 1. The Kier molecular flexibility index (Phi) is 5.19. The van der Waals surface area contributed by atoms with E-state index in [1.807, 2.05) is 74.7 Å². The van der Waals surface area contributed by atoms with Crippen LogP contribution in [0.5, 0.6) is 5.75 Å². The Hall–Kier alpha value is -2.59. The highest BCUT2D eigenvalue weighted by Crippen LogP contribution is 2.25. The highest BCUT2D eigenvalue weighted by molar-refractivity contribution is 7.12. The maximum Gasteiger partial charge on any atom is 0.265 e. The summed E-state index contributed by atoms with van der Waals surface area (Å²) in [5.41, 5.74) is 5.17. The fourth-order valence-corrected chi connectivity index (χ4v) is 3.46. The van der Waals surface area contributed by atoms with Crippen LogP contribution in [0.4, 0.5) is 5.69 Å². The van der Waals surface area contributed by atoms with Gasteiger partial charge in [-0.3, -0.25) is 4.79 Å². The minimum atomic E-state index is -0.0890. The molecule has 0 unspecified atom stereocenters. The molecule has 0 radical (unpaired) electrons. The summed E-state index contributed by atoms with van der Waals surface area (Å²) in [7, 11) is 0. The van der Waals surface area contributed by atoms with Crippen molar-refractivity contribution in [2.75, 3.05) is 5.32 Å². The summed E-state index contributed by atoms with van der Waals surface area (Å²) in [6.45, 7) is 6.54. The second-order valence-electron chi connectivity index (χ2n) is 6.15. The fraction of sp³-hybridized carbons (Fsp3) is 0.190. The molecule has 0 saturated carbocycles. The number of thiophene rings is 1. The zero-order chi connectivity index (χ0) is 17.8. The number of hydrogen-bond acceptors (Lipinski definition) is 3. The average molecular weight is 351 g/mol. The zero-order valence-electron chi connectivity index (χ0n) is 14.6. The molecule has 0 atom stereocenters. The van der Waals surface area contributed by atoms with Gasteiger partial charge < -0.3 is 10.1 Å². The van der Waals surface area contributed by atoms with E-state index in [1.54, 1.807) is 0 Å². The first-order valence-corrected chi connectivity index (χ1v) is 9.05. The molecule has 1 aromatic heterocycles. The fourth-order valence-electron chi connectivity index (χ4n) is 2.67. The van der Waals surface area contributed by atoms with E-state index in [2.05, 4.69) is 5.32 Å². The zero-order valence-corrected chi connectivity index (χ0v) is 15.4. The molecule has 0 fully saturated rings. The second kappa shape index (κ2) is 7.53. The number of anilines is 1. The summed E-state index contributed by atoms with van der Waals surface area (Å²) < 4.78 is 5.96. The van der Waals surface area contributed by atoms with E-state index in [9.17, 15) is 4.79 Å². The lowest BCUT2D eigenvalue weighted by Crippen LogP contribution is -2.10. The minimum Gasteiger partial charge on any atom is -0.488 e. The third-order valence-corrected chi connectivity index (χ3v) is 4.92. The Morgan fingerprint density at radius 2 is 1.76 bits per heavy atom. The first kappa shape index (κ1) is 17.2. The molecule has 0 aliphatic rings. The molecule has 3 aromatic rings. The van der Waals surface area contributed by atoms with Crippen molar-refractivity contribution in [1.82, 2.24) is 0 Å². The predicted molar refractivity (Wildman–Crippen MR) is 104 cm³/mol. The van der Waals surface area contributed by atoms with Crippen LogP contribution in [0.15, 0.2) is 53.9 Å². The number of carbonyl (C=O) groups excluding carboxylic acids is 1. The summed E-state index contributed by atoms with van der Waals surface area (Å²) in [4.78, 5) is 13.1. The Bertz CT molecular complexity index is 878. The summed E-state index contributed by atoms with van der Waals surface area (Å²) in [6.07, 6.45) is 0. The van der Waals surface area contributed by atoms with Crippen LogP contribution in [0.25, 0.3) is 0 Å². The number of benzene rings is 2. The van der Waals surface area contributed by atoms with Gasteiger partial charge in [-0.2, -0.15) is 0 Å². The summed E-state index contributed by atoms with van der Waals surface area (Å²) in [5.74, 6) is 0.827. The maximum atomic E-state index is 12.4. The molecule has 128 valence electrons. The standard InChI is InChI=1S/C21H21NO2S/c1-14-6-4-9-18(10-14)22-21(23)19-11-17(13-25-19)12-24-20-15(2)7-5-8-16(20)3/h4-11,13H,12H2,1-3H3,(H,22,23). The van der Waals surface area contributed by atoms with Gasteiger partial charge in [-0.05, 0) is 61.0 Å². The van der Waals surface area contributed by atoms with Gasteiger partial charge in [-0.25, -0.2) is 0 Å². The average Bonchev–Trinajstić information content (AvgIpc) is 3.03. The molecule has 25 heavy (non-hydrogen) atoms. The van der Waals surface area contributed by atoms with E-state index >= 15 is 0 Å². The SMILES string of the molecule is Cc1cccc(NC(=O)c2cc(COc3c(C)cccc3C)cs2)c1. The van der Waals surface area contributed by atoms with Crippen molar-refractivity contribution in [2.45, 2.75) is 27.4 Å². The van der Waals surface area contributed by atoms with Crippen molar-refractivity contribution in [2.24, 2.45) is 0 Å². The normalized spacial score (nSPS) is 10.5. The lowest BCUT2D eigenvalue weighted by Gasteiger charge is -2.10. The molecule has 1 N–H and O–H groups in total. The Morgan fingerprint density at radius 1 is 1.04 bits per heavy atom. The molecular formula is C21H21NO2S. The molecule has 3 nitrogen and oxygen atoms in total. The van der Waals surface area contributed by atoms with Gasteiger partial charge in [0.2, 0.25) is 0 Å². The highest BCUT2D eigenvalue weighted by Gasteiger charge is 2.11. The topological polar surface area (TPSA) is 38.3 Å². The van der Waals surface area contributed by atoms with Crippen molar-refractivity contribution in [3.05, 3.63) is 81.0 Å². The van der Waals surface area contributed by atoms with Crippen molar-refractivity contribution in [3.63, 3.8) is 0 Å². The van der Waals surface area contributed by atoms with Gasteiger partial charge in [0.1, 0.15) is 12.4 Å². The van der Waals surface area contributed by atoms with Crippen LogP contribution in [0.2, 0.25) is 0 Å². The van der Waals surface area contributed by atoms with Crippen molar-refractivity contribution >= 4 is 22.9 Å². The van der Waals surface area contributed by atoms with Crippen LogP contribution in [0.3, 0.4) is 0 Å². The molecule has 0 saturated heterocycles. The lowest BCUT2D eigenvalue weighted by molar-refractivity contribution is 0.103. The lowest BCUT2D eigenvalue weighted by atomic mass is 10.1. The van der Waals surface area contributed by atoms with E-state index in [0.717, 1.165) is 33.7 Å². The Labute approximate surface area is 152 Å². The van der Waals surface area contributed by atoms with Gasteiger partial charge >= 0.3 is 0 Å². The van der Waals surface area contributed by atoms with Crippen molar-refractivity contribution in [3.8, 4) is 5.75 Å². The number of hydrogen-bond donors (Lipinski definition) is 1. The highest BCUT2D eigenvalue weighted by atomic mass is 32.1. The number of carbonyl (C=O) groups is 1. The van der Waals surface area contributed by atoms with Crippen LogP contribution in [0, 0.1) is 20.8 Å². The van der Waals surface area contributed by atoms with E-state index in [0.29, 0.717) is 11.5 Å². The van der Waals surface area contributed by atoms with E-state index in [-0.39, 0.29) is 5.91 Å². The first-order chi connectivity index (χ1) is 12.0. The summed E-state index contributed by atoms with van der Waals surface area (Å²) in [5, 5.41) is 4.91. The van der Waals surface area contributed by atoms with Gasteiger partial charge in [-0.1, -0.05) is 30.3 Å². The van der Waals surface area contributed by atoms with Crippen molar-refractivity contribution in [1.29, 1.82) is 0 Å². The number of ether oxygens (including phenoxy) is 1. The van der Waals surface area contributed by atoms with E-state index in [1.165, 1.54) is 11.3 Å². The van der Waals surface area contributed by atoms with Crippen LogP contribution in [-0.2, 0) is 6.61 Å². The van der Waals surface area contributed by atoms with Gasteiger partial charge in [0, 0.05) is 11.3 Å². The third-order valence-electron chi connectivity index (χ3n) is 3.95. The van der Waals surface area contributed by atoms with Gasteiger partial charge in [0.25, 0.3) is 5.91 Å². The predicted octanol–water partition coefficient (Wildman–Crippen LogP) is 5.50. The Morgan fingerprint density at radius 3 is 2.48 bits per heavy atom. The van der Waals surface area contributed by atoms with Crippen LogP contribution < -0.4 is 10.1 Å². The molecule has 0 aliphatic carbocycles. The summed E-state index contributed by atoms with van der Waals surface area (Å²) >= 11 is 1.43. The monoisotopic (exact) mass is 351 g/mol. The molecule has 4 heteroatoms. The van der Waals surface area contributed by atoms with Gasteiger partial charge in [0.15, 0.2) is 0 Å².